The molecular weight excluding hydrogens is 366 g/mol. The second-order valence-corrected chi connectivity index (χ2v) is 7.63. The van der Waals surface area contributed by atoms with Crippen LogP contribution >= 0.6 is 0 Å². The summed E-state index contributed by atoms with van der Waals surface area (Å²) in [6, 6.07) is 15.1. The fourth-order valence-electron chi connectivity index (χ4n) is 3.94. The zero-order chi connectivity index (χ0) is 20.1. The predicted molar refractivity (Wildman–Crippen MR) is 113 cm³/mol. The van der Waals surface area contributed by atoms with Crippen molar-refractivity contribution in [3.05, 3.63) is 54.1 Å². The Labute approximate surface area is 171 Å². The van der Waals surface area contributed by atoms with Crippen LogP contribution in [0.25, 0.3) is 0 Å². The first kappa shape index (κ1) is 19.5. The standard InChI is InChI=1S/C23H27N3O3/c27-22(15-18-7-3-1-4-8-18)24-19-9-10-21-20(16-19)26(23(28)17-29-21)14-13-25-11-5-2-6-12-25/h1,3-4,7-10,16H,2,5-6,11-15,17H2,(H,24,27). The van der Waals surface area contributed by atoms with E-state index in [4.69, 9.17) is 4.74 Å². The number of nitrogens with zero attached hydrogens (tertiary/aromatic N) is 2. The number of benzene rings is 2. The van der Waals surface area contributed by atoms with Crippen molar-refractivity contribution in [3.63, 3.8) is 0 Å². The molecule has 1 saturated heterocycles. The van der Waals surface area contributed by atoms with Crippen LogP contribution in [-0.4, -0.2) is 49.5 Å². The lowest BCUT2D eigenvalue weighted by molar-refractivity contribution is -0.121. The summed E-state index contributed by atoms with van der Waals surface area (Å²) in [5.74, 6) is 0.561. The molecule has 1 N–H and O–H groups in total. The van der Waals surface area contributed by atoms with Crippen LogP contribution in [0.3, 0.4) is 0 Å². The van der Waals surface area contributed by atoms with E-state index in [0.29, 0.717) is 24.4 Å². The summed E-state index contributed by atoms with van der Waals surface area (Å²) >= 11 is 0. The van der Waals surface area contributed by atoms with Gasteiger partial charge in [0, 0.05) is 18.8 Å². The molecular formula is C23H27N3O3. The predicted octanol–water partition coefficient (Wildman–Crippen LogP) is 3.08. The van der Waals surface area contributed by atoms with Crippen LogP contribution in [-0.2, 0) is 16.0 Å². The van der Waals surface area contributed by atoms with Crippen molar-refractivity contribution in [1.82, 2.24) is 4.90 Å². The van der Waals surface area contributed by atoms with Crippen LogP contribution < -0.4 is 15.0 Å². The molecule has 4 rings (SSSR count). The van der Waals surface area contributed by atoms with Crippen LogP contribution in [0, 0.1) is 0 Å². The average molecular weight is 393 g/mol. The molecule has 2 aromatic carbocycles. The minimum Gasteiger partial charge on any atom is -0.482 e. The minimum absolute atomic E-state index is 0.0396. The fraction of sp³-hybridized carbons (Fsp3) is 0.391. The molecule has 0 saturated carbocycles. The molecule has 0 aliphatic carbocycles. The Morgan fingerprint density at radius 3 is 2.59 bits per heavy atom. The molecule has 152 valence electrons. The molecule has 0 bridgehead atoms. The quantitative estimate of drug-likeness (QED) is 0.819. The third kappa shape index (κ3) is 4.95. The van der Waals surface area contributed by atoms with Crippen LogP contribution in [0.4, 0.5) is 11.4 Å². The van der Waals surface area contributed by atoms with Gasteiger partial charge in [-0.3, -0.25) is 9.59 Å². The zero-order valence-electron chi connectivity index (χ0n) is 16.6. The van der Waals surface area contributed by atoms with Gasteiger partial charge in [0.2, 0.25) is 5.91 Å². The van der Waals surface area contributed by atoms with Gasteiger partial charge in [0.25, 0.3) is 5.91 Å². The van der Waals surface area contributed by atoms with Gasteiger partial charge in [-0.1, -0.05) is 36.8 Å². The number of fused-ring (bicyclic) bond motifs is 1. The summed E-state index contributed by atoms with van der Waals surface area (Å²) in [6.07, 6.45) is 4.06. The lowest BCUT2D eigenvalue weighted by atomic mass is 10.1. The lowest BCUT2D eigenvalue weighted by Crippen LogP contribution is -2.44. The Hall–Kier alpha value is -2.86. The third-order valence-corrected chi connectivity index (χ3v) is 5.48. The number of amides is 2. The zero-order valence-corrected chi connectivity index (χ0v) is 16.6. The van der Waals surface area contributed by atoms with Gasteiger partial charge in [0.05, 0.1) is 12.1 Å². The Bertz CT molecular complexity index is 863. The maximum absolute atomic E-state index is 12.5. The number of likely N-dealkylation sites (tertiary alicyclic amines) is 1. The van der Waals surface area contributed by atoms with Crippen LogP contribution in [0.2, 0.25) is 0 Å². The number of nitrogens with one attached hydrogen (secondary N) is 1. The SMILES string of the molecule is O=C(Cc1ccccc1)Nc1ccc2c(c1)N(CCN1CCCCC1)C(=O)CO2. The molecule has 6 heteroatoms. The van der Waals surface area contributed by atoms with Gasteiger partial charge in [-0.05, 0) is 49.7 Å². The van der Waals surface area contributed by atoms with E-state index in [0.717, 1.165) is 30.9 Å². The molecule has 2 amide bonds. The van der Waals surface area contributed by atoms with Crippen molar-refractivity contribution in [3.8, 4) is 5.75 Å². The Morgan fingerprint density at radius 1 is 1.00 bits per heavy atom. The summed E-state index contributed by atoms with van der Waals surface area (Å²) in [5.41, 5.74) is 2.37. The molecule has 0 radical (unpaired) electrons. The largest absolute Gasteiger partial charge is 0.482 e. The van der Waals surface area contributed by atoms with E-state index in [2.05, 4.69) is 10.2 Å². The van der Waals surface area contributed by atoms with Gasteiger partial charge >= 0.3 is 0 Å². The van der Waals surface area contributed by atoms with E-state index < -0.39 is 0 Å². The smallest absolute Gasteiger partial charge is 0.265 e. The summed E-state index contributed by atoms with van der Waals surface area (Å²) in [7, 11) is 0. The van der Waals surface area contributed by atoms with Gasteiger partial charge in [-0.2, -0.15) is 0 Å². The second kappa shape index (κ2) is 9.09. The highest BCUT2D eigenvalue weighted by Crippen LogP contribution is 2.34. The normalized spacial score (nSPS) is 16.8. The molecule has 0 atom stereocenters. The minimum atomic E-state index is -0.0842. The number of carbonyl (C=O) groups is 2. The fourth-order valence-corrected chi connectivity index (χ4v) is 3.94. The number of piperidine rings is 1. The highest BCUT2D eigenvalue weighted by molar-refractivity contribution is 5.99. The highest BCUT2D eigenvalue weighted by atomic mass is 16.5. The molecule has 0 aromatic heterocycles. The molecule has 29 heavy (non-hydrogen) atoms. The number of rotatable bonds is 6. The average Bonchev–Trinajstić information content (AvgIpc) is 2.74. The Kier molecular flexibility index (Phi) is 6.10. The summed E-state index contributed by atoms with van der Waals surface area (Å²) in [5, 5.41) is 2.94. The Morgan fingerprint density at radius 2 is 1.79 bits per heavy atom. The van der Waals surface area contributed by atoms with E-state index in [1.807, 2.05) is 48.5 Å². The maximum Gasteiger partial charge on any atom is 0.265 e. The summed E-state index contributed by atoms with van der Waals surface area (Å²) < 4.78 is 5.60. The first-order chi connectivity index (χ1) is 14.2. The van der Waals surface area contributed by atoms with Crippen molar-refractivity contribution in [2.24, 2.45) is 0 Å². The molecule has 0 unspecified atom stereocenters. The summed E-state index contributed by atoms with van der Waals surface area (Å²) in [6.45, 7) is 3.75. The van der Waals surface area contributed by atoms with Crippen molar-refractivity contribution in [2.75, 3.05) is 43.0 Å². The van der Waals surface area contributed by atoms with Crippen molar-refractivity contribution < 1.29 is 14.3 Å². The first-order valence-electron chi connectivity index (χ1n) is 10.3. The molecule has 2 aromatic rings. The van der Waals surface area contributed by atoms with Crippen molar-refractivity contribution >= 4 is 23.2 Å². The van der Waals surface area contributed by atoms with Gasteiger partial charge in [-0.25, -0.2) is 0 Å². The number of anilines is 2. The first-order valence-corrected chi connectivity index (χ1v) is 10.3. The van der Waals surface area contributed by atoms with Gasteiger partial charge < -0.3 is 19.9 Å². The topological polar surface area (TPSA) is 61.9 Å². The molecule has 2 aliphatic heterocycles. The Balaban J connectivity index is 1.44. The monoisotopic (exact) mass is 393 g/mol. The summed E-state index contributed by atoms with van der Waals surface area (Å²) in [4.78, 5) is 29.1. The van der Waals surface area contributed by atoms with E-state index >= 15 is 0 Å². The van der Waals surface area contributed by atoms with E-state index in [1.54, 1.807) is 4.90 Å². The highest BCUT2D eigenvalue weighted by Gasteiger charge is 2.26. The second-order valence-electron chi connectivity index (χ2n) is 7.63. The maximum atomic E-state index is 12.5. The molecule has 6 nitrogen and oxygen atoms in total. The van der Waals surface area contributed by atoms with Gasteiger partial charge in [0.15, 0.2) is 6.61 Å². The molecule has 2 aliphatic rings. The van der Waals surface area contributed by atoms with Gasteiger partial charge in [0.1, 0.15) is 5.75 Å². The lowest BCUT2D eigenvalue weighted by Gasteiger charge is -2.33. The molecule has 0 spiro atoms. The number of hydrogen-bond acceptors (Lipinski definition) is 4. The molecule has 1 fully saturated rings. The van der Waals surface area contributed by atoms with E-state index in [9.17, 15) is 9.59 Å². The number of carbonyl (C=O) groups excluding carboxylic acids is 2. The van der Waals surface area contributed by atoms with Crippen LogP contribution in [0.1, 0.15) is 24.8 Å². The number of ether oxygens (including phenoxy) is 1. The van der Waals surface area contributed by atoms with E-state index in [1.165, 1.54) is 19.3 Å². The van der Waals surface area contributed by atoms with Crippen LogP contribution in [0.5, 0.6) is 5.75 Å². The van der Waals surface area contributed by atoms with Gasteiger partial charge in [-0.15, -0.1) is 0 Å². The molecule has 2 heterocycles. The third-order valence-electron chi connectivity index (χ3n) is 5.48. The van der Waals surface area contributed by atoms with Crippen LogP contribution in [0.15, 0.2) is 48.5 Å². The number of hydrogen-bond donors (Lipinski definition) is 1. The van der Waals surface area contributed by atoms with Crippen molar-refractivity contribution in [2.45, 2.75) is 25.7 Å². The van der Waals surface area contributed by atoms with E-state index in [-0.39, 0.29) is 18.4 Å². The van der Waals surface area contributed by atoms with Crippen molar-refractivity contribution in [1.29, 1.82) is 0 Å².